The standard InChI is InChI=1S/C16H26O/c1-11-6-7-14(15(11,3)4)13-8-9-16(5,17)12(2)10-13/h6,10,12,14,17H,7-9H2,1-5H3. The second-order valence-electron chi connectivity index (χ2n) is 6.78. The summed E-state index contributed by atoms with van der Waals surface area (Å²) >= 11 is 0. The van der Waals surface area contributed by atoms with E-state index in [9.17, 15) is 5.11 Å². The van der Waals surface area contributed by atoms with Crippen LogP contribution in [-0.4, -0.2) is 10.7 Å². The lowest BCUT2D eigenvalue weighted by Gasteiger charge is -2.39. The van der Waals surface area contributed by atoms with Crippen LogP contribution < -0.4 is 0 Å². The van der Waals surface area contributed by atoms with Gasteiger partial charge in [0.15, 0.2) is 0 Å². The molecular weight excluding hydrogens is 208 g/mol. The van der Waals surface area contributed by atoms with Gasteiger partial charge in [0.25, 0.3) is 0 Å². The first-order chi connectivity index (χ1) is 7.75. The SMILES string of the molecule is CC1=CCC(C2=CC(C)C(C)(O)CC2)C1(C)C. The van der Waals surface area contributed by atoms with Crippen LogP contribution in [0.1, 0.15) is 53.9 Å². The summed E-state index contributed by atoms with van der Waals surface area (Å²) in [6.07, 6.45) is 7.88. The highest BCUT2D eigenvalue weighted by atomic mass is 16.3. The lowest BCUT2D eigenvalue weighted by molar-refractivity contribution is 0.00857. The van der Waals surface area contributed by atoms with Gasteiger partial charge in [0.2, 0.25) is 0 Å². The maximum Gasteiger partial charge on any atom is 0.0682 e. The molecule has 1 heteroatoms. The quantitative estimate of drug-likeness (QED) is 0.678. The summed E-state index contributed by atoms with van der Waals surface area (Å²) in [5, 5.41) is 10.2. The minimum Gasteiger partial charge on any atom is -0.390 e. The van der Waals surface area contributed by atoms with E-state index in [4.69, 9.17) is 0 Å². The lowest BCUT2D eigenvalue weighted by atomic mass is 9.68. The average molecular weight is 234 g/mol. The molecule has 0 amide bonds. The van der Waals surface area contributed by atoms with Gasteiger partial charge >= 0.3 is 0 Å². The molecule has 0 aromatic rings. The summed E-state index contributed by atoms with van der Waals surface area (Å²) in [6, 6.07) is 0. The van der Waals surface area contributed by atoms with Crippen LogP contribution in [0.5, 0.6) is 0 Å². The Morgan fingerprint density at radius 3 is 2.41 bits per heavy atom. The largest absolute Gasteiger partial charge is 0.390 e. The van der Waals surface area contributed by atoms with Crippen molar-refractivity contribution in [3.63, 3.8) is 0 Å². The Morgan fingerprint density at radius 2 is 1.94 bits per heavy atom. The van der Waals surface area contributed by atoms with Gasteiger partial charge < -0.3 is 5.11 Å². The maximum absolute atomic E-state index is 10.2. The Bertz CT molecular complexity index is 371. The maximum atomic E-state index is 10.2. The van der Waals surface area contributed by atoms with Crippen LogP contribution >= 0.6 is 0 Å². The van der Waals surface area contributed by atoms with E-state index in [1.807, 2.05) is 6.92 Å². The highest BCUT2D eigenvalue weighted by Crippen LogP contribution is 2.49. The molecule has 0 spiro atoms. The van der Waals surface area contributed by atoms with Crippen LogP contribution in [0, 0.1) is 17.3 Å². The summed E-state index contributed by atoms with van der Waals surface area (Å²) in [7, 11) is 0. The molecule has 0 saturated heterocycles. The molecule has 2 aliphatic rings. The Kier molecular flexibility index (Phi) is 3.02. The number of aliphatic hydroxyl groups is 1. The van der Waals surface area contributed by atoms with Crippen LogP contribution in [0.2, 0.25) is 0 Å². The molecule has 3 atom stereocenters. The van der Waals surface area contributed by atoms with Gasteiger partial charge in [0.05, 0.1) is 5.60 Å². The zero-order valence-electron chi connectivity index (χ0n) is 11.9. The first-order valence-electron chi connectivity index (χ1n) is 6.85. The van der Waals surface area contributed by atoms with Crippen LogP contribution in [0.4, 0.5) is 0 Å². The molecule has 0 bridgehead atoms. The van der Waals surface area contributed by atoms with Crippen LogP contribution in [0.3, 0.4) is 0 Å². The summed E-state index contributed by atoms with van der Waals surface area (Å²) in [5.41, 5.74) is 2.89. The molecule has 2 aliphatic carbocycles. The zero-order valence-corrected chi connectivity index (χ0v) is 11.9. The second-order valence-corrected chi connectivity index (χ2v) is 6.78. The fourth-order valence-electron chi connectivity index (χ4n) is 3.24. The van der Waals surface area contributed by atoms with Gasteiger partial charge in [-0.15, -0.1) is 0 Å². The molecular formula is C16H26O. The van der Waals surface area contributed by atoms with Crippen molar-refractivity contribution in [2.24, 2.45) is 17.3 Å². The summed E-state index contributed by atoms with van der Waals surface area (Å²) < 4.78 is 0. The van der Waals surface area contributed by atoms with Crippen LogP contribution in [0.25, 0.3) is 0 Å². The molecule has 96 valence electrons. The van der Waals surface area contributed by atoms with E-state index < -0.39 is 5.60 Å². The van der Waals surface area contributed by atoms with Gasteiger partial charge in [-0.05, 0) is 44.4 Å². The van der Waals surface area contributed by atoms with Crippen molar-refractivity contribution in [2.75, 3.05) is 0 Å². The van der Waals surface area contributed by atoms with Gasteiger partial charge in [-0.3, -0.25) is 0 Å². The van der Waals surface area contributed by atoms with Crippen molar-refractivity contribution in [2.45, 2.75) is 59.5 Å². The third-order valence-corrected chi connectivity index (χ3v) is 5.36. The Hall–Kier alpha value is -0.560. The molecule has 2 rings (SSSR count). The van der Waals surface area contributed by atoms with E-state index in [2.05, 4.69) is 39.8 Å². The fraction of sp³-hybridized carbons (Fsp3) is 0.750. The van der Waals surface area contributed by atoms with E-state index in [-0.39, 0.29) is 5.92 Å². The van der Waals surface area contributed by atoms with Crippen molar-refractivity contribution >= 4 is 0 Å². The zero-order chi connectivity index (χ0) is 12.8. The molecule has 0 radical (unpaired) electrons. The van der Waals surface area contributed by atoms with E-state index in [0.717, 1.165) is 12.8 Å². The minimum absolute atomic E-state index is 0.281. The van der Waals surface area contributed by atoms with Crippen LogP contribution in [-0.2, 0) is 0 Å². The third-order valence-electron chi connectivity index (χ3n) is 5.36. The predicted molar refractivity (Wildman–Crippen MR) is 72.7 cm³/mol. The van der Waals surface area contributed by atoms with Gasteiger partial charge in [-0.1, -0.05) is 44.1 Å². The Morgan fingerprint density at radius 1 is 1.29 bits per heavy atom. The van der Waals surface area contributed by atoms with Gasteiger partial charge in [-0.25, -0.2) is 0 Å². The smallest absolute Gasteiger partial charge is 0.0682 e. The summed E-state index contributed by atoms with van der Waals surface area (Å²) in [4.78, 5) is 0. The van der Waals surface area contributed by atoms with E-state index in [1.54, 1.807) is 5.57 Å². The highest BCUT2D eigenvalue weighted by molar-refractivity contribution is 5.28. The van der Waals surface area contributed by atoms with Crippen LogP contribution in [0.15, 0.2) is 23.3 Å². The second kappa shape index (κ2) is 3.98. The number of hydrogen-bond donors (Lipinski definition) is 1. The molecule has 1 nitrogen and oxygen atoms in total. The summed E-state index contributed by atoms with van der Waals surface area (Å²) in [5.74, 6) is 0.934. The first kappa shape index (κ1) is 12.9. The average Bonchev–Trinajstić information content (AvgIpc) is 2.47. The number of rotatable bonds is 1. The third kappa shape index (κ3) is 2.10. The molecule has 0 aromatic carbocycles. The molecule has 0 aromatic heterocycles. The normalized spacial score (nSPS) is 41.1. The molecule has 1 N–H and O–H groups in total. The molecule has 0 heterocycles. The lowest BCUT2D eigenvalue weighted by Crippen LogP contribution is -2.36. The monoisotopic (exact) mass is 234 g/mol. The van der Waals surface area contributed by atoms with Crippen molar-refractivity contribution in [3.8, 4) is 0 Å². The van der Waals surface area contributed by atoms with Crippen molar-refractivity contribution in [1.29, 1.82) is 0 Å². The number of hydrogen-bond acceptors (Lipinski definition) is 1. The van der Waals surface area contributed by atoms with E-state index in [1.165, 1.54) is 12.0 Å². The molecule has 3 unspecified atom stereocenters. The Balaban J connectivity index is 2.22. The minimum atomic E-state index is -0.505. The molecule has 0 saturated carbocycles. The molecule has 0 fully saturated rings. The molecule has 0 aliphatic heterocycles. The summed E-state index contributed by atoms with van der Waals surface area (Å²) in [6.45, 7) is 11.1. The number of allylic oxidation sites excluding steroid dienone is 3. The van der Waals surface area contributed by atoms with Crippen molar-refractivity contribution in [3.05, 3.63) is 23.3 Å². The highest BCUT2D eigenvalue weighted by Gasteiger charge is 2.40. The van der Waals surface area contributed by atoms with Gasteiger partial charge in [0, 0.05) is 5.92 Å². The molecule has 17 heavy (non-hydrogen) atoms. The van der Waals surface area contributed by atoms with Gasteiger partial charge in [-0.2, -0.15) is 0 Å². The van der Waals surface area contributed by atoms with E-state index >= 15 is 0 Å². The topological polar surface area (TPSA) is 20.2 Å². The predicted octanol–water partition coefficient (Wildman–Crippen LogP) is 4.09. The first-order valence-corrected chi connectivity index (χ1v) is 6.85. The van der Waals surface area contributed by atoms with Crippen molar-refractivity contribution < 1.29 is 5.11 Å². The van der Waals surface area contributed by atoms with Crippen molar-refractivity contribution in [1.82, 2.24) is 0 Å². The van der Waals surface area contributed by atoms with Gasteiger partial charge in [0.1, 0.15) is 0 Å². The fourth-order valence-corrected chi connectivity index (χ4v) is 3.24. The Labute approximate surface area is 106 Å². The van der Waals surface area contributed by atoms with E-state index in [0.29, 0.717) is 11.3 Å².